The van der Waals surface area contributed by atoms with Gasteiger partial charge in [0.15, 0.2) is 0 Å². The molecule has 1 aromatic rings. The second kappa shape index (κ2) is 15.1. The third-order valence-corrected chi connectivity index (χ3v) is 4.59. The lowest BCUT2D eigenvalue weighted by Crippen LogP contribution is -2.50. The van der Waals surface area contributed by atoms with Gasteiger partial charge in [0.05, 0.1) is 5.56 Å². The third kappa shape index (κ3) is 13.5. The molecule has 0 aromatic carbocycles. The quantitative estimate of drug-likeness (QED) is 0.551. The number of anilines is 1. The van der Waals surface area contributed by atoms with E-state index in [1.54, 1.807) is 9.80 Å². The fourth-order valence-corrected chi connectivity index (χ4v) is 3.05. The van der Waals surface area contributed by atoms with Crippen LogP contribution in [0.4, 0.5) is 19.0 Å². The Balaban J connectivity index is 0.00000111. The van der Waals surface area contributed by atoms with E-state index in [2.05, 4.69) is 46.5 Å². The van der Waals surface area contributed by atoms with Crippen LogP contribution in [0.3, 0.4) is 0 Å². The number of nitrogens with two attached hydrogens (primary N) is 1. The van der Waals surface area contributed by atoms with Crippen molar-refractivity contribution in [1.29, 1.82) is 0 Å². The molecule has 1 aliphatic rings. The van der Waals surface area contributed by atoms with E-state index in [1.807, 2.05) is 6.92 Å². The van der Waals surface area contributed by atoms with Gasteiger partial charge in [-0.1, -0.05) is 54.9 Å². The Bertz CT molecular complexity index is 660. The molecule has 2 rings (SSSR count). The number of aromatic nitrogens is 1. The Labute approximate surface area is 198 Å². The molecule has 0 bridgehead atoms. The van der Waals surface area contributed by atoms with Crippen molar-refractivity contribution in [2.45, 2.75) is 80.3 Å². The van der Waals surface area contributed by atoms with E-state index in [0.717, 1.165) is 31.4 Å². The van der Waals surface area contributed by atoms with E-state index in [9.17, 15) is 18.0 Å². The first kappa shape index (κ1) is 31.2. The van der Waals surface area contributed by atoms with E-state index in [1.165, 1.54) is 12.6 Å². The van der Waals surface area contributed by atoms with E-state index in [0.29, 0.717) is 44.0 Å². The summed E-state index contributed by atoms with van der Waals surface area (Å²) < 4.78 is 38.5. The summed E-state index contributed by atoms with van der Waals surface area (Å²) in [5.41, 5.74) is 5.31. The molecule has 8 heteroatoms. The van der Waals surface area contributed by atoms with E-state index >= 15 is 0 Å². The van der Waals surface area contributed by atoms with Crippen molar-refractivity contribution in [3.8, 4) is 0 Å². The van der Waals surface area contributed by atoms with Crippen LogP contribution >= 0.6 is 0 Å². The number of carbonyl (C=O) groups excluding carboxylic acids is 1. The number of carbonyl (C=O) groups is 1. The first-order valence-electron chi connectivity index (χ1n) is 12.0. The predicted octanol–water partition coefficient (Wildman–Crippen LogP) is 5.98. The minimum Gasteiger partial charge on any atom is -0.353 e. The zero-order chi connectivity index (χ0) is 25.7. The van der Waals surface area contributed by atoms with Crippen LogP contribution in [0, 0.1) is 11.3 Å². The topological polar surface area (TPSA) is 62.5 Å². The first-order valence-corrected chi connectivity index (χ1v) is 12.0. The SMILES string of the molecule is CC(C)(C)C.CCC.CCC(CCCN)C(=O)N1CCN(c2cc(C(F)(F)F)ccn2)CC1. The largest absolute Gasteiger partial charge is 0.416 e. The van der Waals surface area contributed by atoms with Gasteiger partial charge in [-0.15, -0.1) is 0 Å². The molecule has 0 spiro atoms. The van der Waals surface area contributed by atoms with Gasteiger partial charge in [0.1, 0.15) is 5.82 Å². The van der Waals surface area contributed by atoms with Gasteiger partial charge < -0.3 is 15.5 Å². The fourth-order valence-electron chi connectivity index (χ4n) is 3.05. The maximum Gasteiger partial charge on any atom is 0.416 e. The second-order valence-corrected chi connectivity index (χ2v) is 9.96. The summed E-state index contributed by atoms with van der Waals surface area (Å²) in [4.78, 5) is 20.2. The van der Waals surface area contributed by atoms with Crippen molar-refractivity contribution in [1.82, 2.24) is 9.88 Å². The van der Waals surface area contributed by atoms with Gasteiger partial charge in [0.25, 0.3) is 0 Å². The molecule has 5 nitrogen and oxygen atoms in total. The number of halogens is 3. The van der Waals surface area contributed by atoms with Crippen molar-refractivity contribution in [3.05, 3.63) is 23.9 Å². The highest BCUT2D eigenvalue weighted by atomic mass is 19.4. The summed E-state index contributed by atoms with van der Waals surface area (Å²) in [6.45, 7) is 17.5. The van der Waals surface area contributed by atoms with Crippen LogP contribution < -0.4 is 10.6 Å². The van der Waals surface area contributed by atoms with E-state index < -0.39 is 11.7 Å². The lowest BCUT2D eigenvalue weighted by atomic mass is 9.98. The van der Waals surface area contributed by atoms with Gasteiger partial charge in [0, 0.05) is 38.3 Å². The van der Waals surface area contributed by atoms with Gasteiger partial charge in [-0.25, -0.2) is 4.98 Å². The van der Waals surface area contributed by atoms with Crippen LogP contribution in [-0.4, -0.2) is 48.5 Å². The number of piperazine rings is 1. The Morgan fingerprint density at radius 3 is 2.03 bits per heavy atom. The van der Waals surface area contributed by atoms with Crippen LogP contribution in [0.2, 0.25) is 0 Å². The molecule has 0 aliphatic carbocycles. The molecular weight excluding hydrogens is 429 g/mol. The summed E-state index contributed by atoms with van der Waals surface area (Å²) >= 11 is 0. The van der Waals surface area contributed by atoms with Crippen molar-refractivity contribution in [3.63, 3.8) is 0 Å². The minimum atomic E-state index is -4.38. The average Bonchev–Trinajstić information content (AvgIpc) is 2.73. The molecule has 1 amide bonds. The standard InChI is InChI=1S/C17H25F3N4O.C5H12.C3H8/c1-2-13(4-3-6-21)16(25)24-10-8-23(9-11-24)15-12-14(5-7-22-15)17(18,19)20;1-5(2,3)4;1-3-2/h5,7,12-13H,2-4,6,8-11,21H2,1H3;1-4H3;3H2,1-2H3. The molecule has 1 atom stereocenters. The van der Waals surface area contributed by atoms with E-state index in [-0.39, 0.29) is 11.8 Å². The summed E-state index contributed by atoms with van der Waals surface area (Å²) in [6.07, 6.45) is 0.413. The molecule has 1 aliphatic heterocycles. The molecule has 2 heterocycles. The minimum absolute atomic E-state index is 0.0261. The van der Waals surface area contributed by atoms with Crippen molar-refractivity contribution < 1.29 is 18.0 Å². The zero-order valence-electron chi connectivity index (χ0n) is 21.6. The summed E-state index contributed by atoms with van der Waals surface area (Å²) in [7, 11) is 0. The zero-order valence-corrected chi connectivity index (χ0v) is 21.6. The maximum atomic E-state index is 12.8. The maximum absolute atomic E-state index is 12.8. The molecule has 0 radical (unpaired) electrons. The van der Waals surface area contributed by atoms with Gasteiger partial charge in [-0.05, 0) is 43.4 Å². The van der Waals surface area contributed by atoms with Crippen molar-refractivity contribution in [2.24, 2.45) is 17.1 Å². The summed E-state index contributed by atoms with van der Waals surface area (Å²) in [5.74, 6) is 0.395. The molecule has 1 unspecified atom stereocenters. The molecule has 1 aromatic heterocycles. The van der Waals surface area contributed by atoms with Crippen LogP contribution in [-0.2, 0) is 11.0 Å². The molecule has 33 heavy (non-hydrogen) atoms. The van der Waals surface area contributed by atoms with Crippen LogP contribution in [0.25, 0.3) is 0 Å². The monoisotopic (exact) mass is 474 g/mol. The highest BCUT2D eigenvalue weighted by Crippen LogP contribution is 2.31. The van der Waals surface area contributed by atoms with Crippen LogP contribution in [0.15, 0.2) is 18.3 Å². The van der Waals surface area contributed by atoms with E-state index in [4.69, 9.17) is 5.73 Å². The number of rotatable bonds is 6. The number of hydrogen-bond donors (Lipinski definition) is 1. The van der Waals surface area contributed by atoms with Gasteiger partial charge in [-0.2, -0.15) is 13.2 Å². The third-order valence-electron chi connectivity index (χ3n) is 4.59. The second-order valence-electron chi connectivity index (χ2n) is 9.96. The highest BCUT2D eigenvalue weighted by molar-refractivity contribution is 5.79. The molecule has 2 N–H and O–H groups in total. The number of pyridine rings is 1. The normalized spacial score (nSPS) is 15.1. The Hall–Kier alpha value is -1.83. The molecule has 1 fully saturated rings. The number of alkyl halides is 3. The Morgan fingerprint density at radius 2 is 1.61 bits per heavy atom. The highest BCUT2D eigenvalue weighted by Gasteiger charge is 2.32. The Kier molecular flexibility index (Phi) is 14.3. The van der Waals surface area contributed by atoms with Crippen LogP contribution in [0.5, 0.6) is 0 Å². The van der Waals surface area contributed by atoms with Gasteiger partial charge >= 0.3 is 6.18 Å². The summed E-state index contributed by atoms with van der Waals surface area (Å²) in [6, 6.07) is 2.03. The average molecular weight is 475 g/mol. The van der Waals surface area contributed by atoms with Crippen molar-refractivity contribution in [2.75, 3.05) is 37.6 Å². The predicted molar refractivity (Wildman–Crippen MR) is 131 cm³/mol. The molecule has 0 saturated carbocycles. The molecule has 1 saturated heterocycles. The lowest BCUT2D eigenvalue weighted by molar-refractivity contribution is -0.137. The first-order chi connectivity index (χ1) is 15.3. The smallest absolute Gasteiger partial charge is 0.353 e. The molecular formula is C25H45F3N4O. The van der Waals surface area contributed by atoms with Gasteiger partial charge in [-0.3, -0.25) is 4.79 Å². The van der Waals surface area contributed by atoms with Gasteiger partial charge in [0.2, 0.25) is 5.91 Å². The van der Waals surface area contributed by atoms with Crippen molar-refractivity contribution >= 4 is 11.7 Å². The summed E-state index contributed by atoms with van der Waals surface area (Å²) in [5, 5.41) is 0. The lowest BCUT2D eigenvalue weighted by Gasteiger charge is -2.37. The molecule has 192 valence electrons. The number of amides is 1. The number of nitrogens with zero attached hydrogens (tertiary/aromatic N) is 3. The fraction of sp³-hybridized carbons (Fsp3) is 0.760. The number of hydrogen-bond acceptors (Lipinski definition) is 4. The Morgan fingerprint density at radius 1 is 1.09 bits per heavy atom. The van der Waals surface area contributed by atoms with Crippen LogP contribution in [0.1, 0.15) is 79.7 Å².